The van der Waals surface area contributed by atoms with E-state index < -0.39 is 0 Å². The molecule has 4 nitrogen and oxygen atoms in total. The average molecular weight is 166 g/mol. The molecule has 0 atom stereocenters. The zero-order chi connectivity index (χ0) is 9.40. The van der Waals surface area contributed by atoms with Gasteiger partial charge in [-0.05, 0) is 13.8 Å². The van der Waals surface area contributed by atoms with Gasteiger partial charge in [0.25, 0.3) is 0 Å². The first-order valence-electron chi connectivity index (χ1n) is 3.70. The van der Waals surface area contributed by atoms with Gasteiger partial charge in [0.05, 0.1) is 5.70 Å². The molecule has 0 saturated heterocycles. The monoisotopic (exact) mass is 166 g/mol. The van der Waals surface area contributed by atoms with E-state index in [0.29, 0.717) is 11.5 Å². The molecule has 2 N–H and O–H groups in total. The number of nitrogens with one attached hydrogen (secondary N) is 2. The SMILES string of the molecule is C/C=N\C(/N=C\C)=C(C=N)NC. The van der Waals surface area contributed by atoms with Gasteiger partial charge in [0.2, 0.25) is 0 Å². The second kappa shape index (κ2) is 6.27. The largest absolute Gasteiger partial charge is 0.384 e. The third kappa shape index (κ3) is 3.09. The van der Waals surface area contributed by atoms with Crippen molar-refractivity contribution in [1.82, 2.24) is 5.32 Å². The smallest absolute Gasteiger partial charge is 0.176 e. The molecule has 66 valence electrons. The zero-order valence-electron chi connectivity index (χ0n) is 7.63. The number of hydrogen-bond donors (Lipinski definition) is 2. The third-order valence-electron chi connectivity index (χ3n) is 1.16. The minimum atomic E-state index is 0.525. The van der Waals surface area contributed by atoms with E-state index in [1.807, 2.05) is 13.8 Å². The van der Waals surface area contributed by atoms with Crippen LogP contribution in [-0.4, -0.2) is 25.7 Å². The quantitative estimate of drug-likeness (QED) is 0.606. The van der Waals surface area contributed by atoms with Crippen LogP contribution in [0.15, 0.2) is 21.5 Å². The highest BCUT2D eigenvalue weighted by Gasteiger charge is 1.96. The van der Waals surface area contributed by atoms with Crippen molar-refractivity contribution in [3.8, 4) is 0 Å². The Balaban J connectivity index is 4.87. The normalized spacial score (nSPS) is 10.6. The van der Waals surface area contributed by atoms with Crippen LogP contribution in [0, 0.1) is 5.41 Å². The first kappa shape index (κ1) is 10.6. The second-order valence-electron chi connectivity index (χ2n) is 1.91. The highest BCUT2D eigenvalue weighted by molar-refractivity contribution is 5.77. The van der Waals surface area contributed by atoms with Crippen LogP contribution in [0.5, 0.6) is 0 Å². The number of nitrogens with zero attached hydrogens (tertiary/aromatic N) is 2. The number of hydrogen-bond acceptors (Lipinski definition) is 4. The Morgan fingerprint density at radius 2 is 1.75 bits per heavy atom. The lowest BCUT2D eigenvalue weighted by Crippen LogP contribution is -2.08. The van der Waals surface area contributed by atoms with Gasteiger partial charge in [-0.1, -0.05) is 0 Å². The molecule has 0 saturated carbocycles. The number of rotatable bonds is 4. The van der Waals surface area contributed by atoms with Crippen LogP contribution in [-0.2, 0) is 0 Å². The lowest BCUT2D eigenvalue weighted by Gasteiger charge is -2.00. The van der Waals surface area contributed by atoms with Gasteiger partial charge < -0.3 is 10.7 Å². The van der Waals surface area contributed by atoms with Crippen LogP contribution in [0.1, 0.15) is 13.8 Å². The molecule has 0 aliphatic heterocycles. The van der Waals surface area contributed by atoms with Crippen molar-refractivity contribution in [2.24, 2.45) is 9.98 Å². The molecule has 0 heterocycles. The molecule has 0 amide bonds. The Bertz CT molecular complexity index is 211. The van der Waals surface area contributed by atoms with Gasteiger partial charge in [0, 0.05) is 25.7 Å². The summed E-state index contributed by atoms with van der Waals surface area (Å²) in [6.07, 6.45) is 4.47. The fourth-order valence-corrected chi connectivity index (χ4v) is 0.666. The summed E-state index contributed by atoms with van der Waals surface area (Å²) in [5.74, 6) is 0.525. The maximum Gasteiger partial charge on any atom is 0.176 e. The summed E-state index contributed by atoms with van der Waals surface area (Å²) in [4.78, 5) is 8.00. The first-order valence-corrected chi connectivity index (χ1v) is 3.70. The maximum absolute atomic E-state index is 7.05. The third-order valence-corrected chi connectivity index (χ3v) is 1.16. The Labute approximate surface area is 72.6 Å². The van der Waals surface area contributed by atoms with Crippen LogP contribution in [0.2, 0.25) is 0 Å². The summed E-state index contributed by atoms with van der Waals surface area (Å²) < 4.78 is 0. The van der Waals surface area contributed by atoms with E-state index in [1.165, 1.54) is 6.21 Å². The molecule has 0 aromatic rings. The van der Waals surface area contributed by atoms with Crippen LogP contribution in [0.3, 0.4) is 0 Å². The molecule has 0 spiro atoms. The summed E-state index contributed by atoms with van der Waals surface area (Å²) in [5, 5.41) is 9.88. The summed E-state index contributed by atoms with van der Waals surface area (Å²) in [5.41, 5.74) is 0.603. The maximum atomic E-state index is 7.05. The number of aliphatic imine (C=N–C) groups is 2. The molecule has 0 aliphatic rings. The van der Waals surface area contributed by atoms with Crippen LogP contribution in [0.25, 0.3) is 0 Å². The summed E-state index contributed by atoms with van der Waals surface area (Å²) >= 11 is 0. The summed E-state index contributed by atoms with van der Waals surface area (Å²) in [6.45, 7) is 3.62. The van der Waals surface area contributed by atoms with Crippen molar-refractivity contribution >= 4 is 18.6 Å². The van der Waals surface area contributed by atoms with Crippen molar-refractivity contribution < 1.29 is 0 Å². The van der Waals surface area contributed by atoms with Crippen molar-refractivity contribution in [1.29, 1.82) is 5.41 Å². The standard InChI is InChI=1S/C8H14N4/c1-4-11-8(12-5-2)7(6-9)10-3/h4-6,9-10H,1-3H3/b9-6?,11-4-,12-5-. The van der Waals surface area contributed by atoms with Crippen molar-refractivity contribution in [3.05, 3.63) is 11.5 Å². The van der Waals surface area contributed by atoms with Gasteiger partial charge in [0.1, 0.15) is 0 Å². The zero-order valence-corrected chi connectivity index (χ0v) is 7.63. The van der Waals surface area contributed by atoms with Crippen LogP contribution < -0.4 is 5.32 Å². The van der Waals surface area contributed by atoms with E-state index in [-0.39, 0.29) is 0 Å². The minimum absolute atomic E-state index is 0.525. The average Bonchev–Trinajstić information content (AvgIpc) is 2.07. The van der Waals surface area contributed by atoms with Crippen molar-refractivity contribution in [3.63, 3.8) is 0 Å². The number of allylic oxidation sites excluding steroid dienone is 1. The van der Waals surface area contributed by atoms with Crippen LogP contribution >= 0.6 is 0 Å². The minimum Gasteiger partial charge on any atom is -0.384 e. The van der Waals surface area contributed by atoms with E-state index in [2.05, 4.69) is 15.3 Å². The van der Waals surface area contributed by atoms with E-state index in [9.17, 15) is 0 Å². The molecule has 12 heavy (non-hydrogen) atoms. The molecular formula is C8H14N4. The lowest BCUT2D eigenvalue weighted by atomic mass is 10.4. The molecule has 0 aliphatic carbocycles. The first-order chi connectivity index (χ1) is 5.79. The predicted molar refractivity (Wildman–Crippen MR) is 53.2 cm³/mol. The molecule has 0 radical (unpaired) electrons. The summed E-state index contributed by atoms with van der Waals surface area (Å²) in [6, 6.07) is 0. The molecule has 0 fully saturated rings. The highest BCUT2D eigenvalue weighted by atomic mass is 15.0. The molecule has 0 unspecified atom stereocenters. The fraction of sp³-hybridized carbons (Fsp3) is 0.375. The molecule has 0 bridgehead atoms. The Hall–Kier alpha value is -1.45. The molecule has 0 aromatic heterocycles. The molecule has 0 aromatic carbocycles. The lowest BCUT2D eigenvalue weighted by molar-refractivity contribution is 1.01. The van der Waals surface area contributed by atoms with Crippen molar-refractivity contribution in [2.75, 3.05) is 7.05 Å². The molecule has 0 rings (SSSR count). The van der Waals surface area contributed by atoms with Gasteiger partial charge in [0.15, 0.2) is 5.82 Å². The van der Waals surface area contributed by atoms with E-state index in [1.54, 1.807) is 19.5 Å². The van der Waals surface area contributed by atoms with Gasteiger partial charge in [-0.3, -0.25) is 0 Å². The van der Waals surface area contributed by atoms with Gasteiger partial charge in [-0.25, -0.2) is 9.98 Å². The fourth-order valence-electron chi connectivity index (χ4n) is 0.666. The Morgan fingerprint density at radius 1 is 1.25 bits per heavy atom. The molecule has 4 heteroatoms. The van der Waals surface area contributed by atoms with Crippen molar-refractivity contribution in [2.45, 2.75) is 13.8 Å². The molecular weight excluding hydrogens is 152 g/mol. The predicted octanol–water partition coefficient (Wildman–Crippen LogP) is 1.21. The second-order valence-corrected chi connectivity index (χ2v) is 1.91. The summed E-state index contributed by atoms with van der Waals surface area (Å²) in [7, 11) is 1.73. The van der Waals surface area contributed by atoms with Crippen LogP contribution in [0.4, 0.5) is 0 Å². The Morgan fingerprint density at radius 3 is 2.00 bits per heavy atom. The Kier molecular flexibility index (Phi) is 5.51. The van der Waals surface area contributed by atoms with Gasteiger partial charge in [-0.15, -0.1) is 0 Å². The van der Waals surface area contributed by atoms with E-state index >= 15 is 0 Å². The highest BCUT2D eigenvalue weighted by Crippen LogP contribution is 2.01. The van der Waals surface area contributed by atoms with Gasteiger partial charge in [-0.2, -0.15) is 0 Å². The topological polar surface area (TPSA) is 60.6 Å². The van der Waals surface area contributed by atoms with Gasteiger partial charge >= 0.3 is 0 Å². The van der Waals surface area contributed by atoms with E-state index in [4.69, 9.17) is 5.41 Å². The van der Waals surface area contributed by atoms with E-state index in [0.717, 1.165) is 0 Å².